The molecule has 0 saturated carbocycles. The van der Waals surface area contributed by atoms with E-state index >= 15 is 0 Å². The molecule has 80 valence electrons. The fourth-order valence-corrected chi connectivity index (χ4v) is 2.59. The summed E-state index contributed by atoms with van der Waals surface area (Å²) in [6.45, 7) is -0.0167. The second kappa shape index (κ2) is 3.54. The van der Waals surface area contributed by atoms with Crippen LogP contribution in [-0.4, -0.2) is 27.3 Å². The minimum atomic E-state index is -0.0167. The molecule has 2 bridgehead atoms. The average molecular weight is 206 g/mol. The fourth-order valence-electron chi connectivity index (χ4n) is 2.59. The first-order chi connectivity index (χ1) is 7.36. The maximum Gasteiger partial charge on any atom is 0.134 e. The SMILES string of the molecule is OCc1ccnc(C2CC3CCC2O3)n1. The molecule has 2 saturated heterocycles. The Morgan fingerprint density at radius 2 is 2.40 bits per heavy atom. The molecule has 2 aliphatic rings. The number of aromatic nitrogens is 2. The molecule has 3 unspecified atom stereocenters. The predicted molar refractivity (Wildman–Crippen MR) is 53.2 cm³/mol. The van der Waals surface area contributed by atoms with E-state index in [-0.39, 0.29) is 6.61 Å². The summed E-state index contributed by atoms with van der Waals surface area (Å²) in [5, 5.41) is 9.02. The molecule has 15 heavy (non-hydrogen) atoms. The van der Waals surface area contributed by atoms with Crippen molar-refractivity contribution in [1.82, 2.24) is 9.97 Å². The quantitative estimate of drug-likeness (QED) is 0.784. The lowest BCUT2D eigenvalue weighted by molar-refractivity contribution is 0.0998. The molecule has 2 aliphatic heterocycles. The lowest BCUT2D eigenvalue weighted by atomic mass is 9.88. The summed E-state index contributed by atoms with van der Waals surface area (Å²) in [5.74, 6) is 1.18. The van der Waals surface area contributed by atoms with Crippen LogP contribution in [0, 0.1) is 0 Å². The van der Waals surface area contributed by atoms with E-state index in [0.717, 1.165) is 18.7 Å². The molecule has 1 aromatic rings. The third kappa shape index (κ3) is 1.54. The van der Waals surface area contributed by atoms with Crippen LogP contribution in [0.1, 0.15) is 36.7 Å². The monoisotopic (exact) mass is 206 g/mol. The summed E-state index contributed by atoms with van der Waals surface area (Å²) in [7, 11) is 0. The maximum atomic E-state index is 9.02. The van der Waals surface area contributed by atoms with Crippen molar-refractivity contribution in [1.29, 1.82) is 0 Å². The molecular formula is C11H14N2O2. The van der Waals surface area contributed by atoms with Crippen molar-refractivity contribution >= 4 is 0 Å². The Kier molecular flexibility index (Phi) is 2.18. The predicted octanol–water partition coefficient (Wildman–Crippen LogP) is 1.00. The molecule has 0 spiro atoms. The number of fused-ring (bicyclic) bond motifs is 2. The Morgan fingerprint density at radius 1 is 1.47 bits per heavy atom. The first-order valence-electron chi connectivity index (χ1n) is 5.45. The summed E-state index contributed by atoms with van der Waals surface area (Å²) >= 11 is 0. The molecule has 0 aliphatic carbocycles. The second-order valence-corrected chi connectivity index (χ2v) is 4.28. The topological polar surface area (TPSA) is 55.2 Å². The van der Waals surface area contributed by atoms with Crippen LogP contribution in [0.15, 0.2) is 12.3 Å². The van der Waals surface area contributed by atoms with Crippen LogP contribution in [0.2, 0.25) is 0 Å². The van der Waals surface area contributed by atoms with E-state index in [2.05, 4.69) is 9.97 Å². The summed E-state index contributed by atoms with van der Waals surface area (Å²) in [6.07, 6.45) is 5.80. The standard InChI is InChI=1S/C11H14N2O2/c14-6-7-3-4-12-11(13-7)9-5-8-1-2-10(9)15-8/h3-4,8-10,14H,1-2,5-6H2. The third-order valence-electron chi connectivity index (χ3n) is 3.33. The highest BCUT2D eigenvalue weighted by Gasteiger charge is 2.42. The highest BCUT2D eigenvalue weighted by molar-refractivity contribution is 5.10. The van der Waals surface area contributed by atoms with E-state index < -0.39 is 0 Å². The largest absolute Gasteiger partial charge is 0.390 e. The summed E-state index contributed by atoms with van der Waals surface area (Å²) in [6, 6.07) is 1.75. The molecular weight excluding hydrogens is 192 g/mol. The van der Waals surface area contributed by atoms with Crippen molar-refractivity contribution in [2.45, 2.75) is 44.0 Å². The minimum absolute atomic E-state index is 0.0167. The van der Waals surface area contributed by atoms with Gasteiger partial charge >= 0.3 is 0 Å². The fraction of sp³-hybridized carbons (Fsp3) is 0.636. The highest BCUT2D eigenvalue weighted by atomic mass is 16.5. The minimum Gasteiger partial charge on any atom is -0.390 e. The molecule has 0 radical (unpaired) electrons. The van der Waals surface area contributed by atoms with Crippen LogP contribution in [0.3, 0.4) is 0 Å². The maximum absolute atomic E-state index is 9.02. The molecule has 0 amide bonds. The zero-order valence-corrected chi connectivity index (χ0v) is 8.47. The molecule has 4 heteroatoms. The summed E-state index contributed by atoms with van der Waals surface area (Å²) in [4.78, 5) is 8.64. The summed E-state index contributed by atoms with van der Waals surface area (Å²) in [5.41, 5.74) is 0.697. The van der Waals surface area contributed by atoms with E-state index in [4.69, 9.17) is 9.84 Å². The van der Waals surface area contributed by atoms with Crippen molar-refractivity contribution in [3.63, 3.8) is 0 Å². The van der Waals surface area contributed by atoms with Gasteiger partial charge in [0.25, 0.3) is 0 Å². The van der Waals surface area contributed by atoms with E-state index in [1.165, 1.54) is 6.42 Å². The molecule has 3 rings (SSSR count). The van der Waals surface area contributed by atoms with Gasteiger partial charge < -0.3 is 9.84 Å². The van der Waals surface area contributed by atoms with Gasteiger partial charge in [-0.3, -0.25) is 0 Å². The van der Waals surface area contributed by atoms with Crippen LogP contribution in [0.4, 0.5) is 0 Å². The number of aliphatic hydroxyl groups excluding tert-OH is 1. The van der Waals surface area contributed by atoms with Crippen LogP contribution in [0.25, 0.3) is 0 Å². The number of nitrogens with zero attached hydrogens (tertiary/aromatic N) is 2. The van der Waals surface area contributed by atoms with Crippen LogP contribution < -0.4 is 0 Å². The van der Waals surface area contributed by atoms with E-state index in [9.17, 15) is 0 Å². The van der Waals surface area contributed by atoms with E-state index in [0.29, 0.717) is 23.8 Å². The lowest BCUT2D eigenvalue weighted by Crippen LogP contribution is -2.17. The van der Waals surface area contributed by atoms with Gasteiger partial charge in [-0.15, -0.1) is 0 Å². The first kappa shape index (κ1) is 9.24. The van der Waals surface area contributed by atoms with Crippen molar-refractivity contribution in [3.8, 4) is 0 Å². The smallest absolute Gasteiger partial charge is 0.134 e. The zero-order chi connectivity index (χ0) is 10.3. The number of hydrogen-bond acceptors (Lipinski definition) is 4. The van der Waals surface area contributed by atoms with Crippen molar-refractivity contribution in [2.75, 3.05) is 0 Å². The molecule has 3 heterocycles. The first-order valence-corrected chi connectivity index (χ1v) is 5.45. The Hall–Kier alpha value is -1.00. The number of hydrogen-bond donors (Lipinski definition) is 1. The number of ether oxygens (including phenoxy) is 1. The van der Waals surface area contributed by atoms with Gasteiger partial charge in [-0.2, -0.15) is 0 Å². The van der Waals surface area contributed by atoms with Gasteiger partial charge in [-0.05, 0) is 25.3 Å². The van der Waals surface area contributed by atoms with Crippen LogP contribution >= 0.6 is 0 Å². The Labute approximate surface area is 88.3 Å². The van der Waals surface area contributed by atoms with Gasteiger partial charge in [-0.25, -0.2) is 9.97 Å². The van der Waals surface area contributed by atoms with Gasteiger partial charge in [0, 0.05) is 12.1 Å². The van der Waals surface area contributed by atoms with Gasteiger partial charge in [0.15, 0.2) is 0 Å². The van der Waals surface area contributed by atoms with Crippen molar-refractivity contribution in [3.05, 3.63) is 23.8 Å². The normalized spacial score (nSPS) is 33.5. The number of rotatable bonds is 2. The Balaban J connectivity index is 1.86. The Bertz CT molecular complexity index is 369. The van der Waals surface area contributed by atoms with Crippen LogP contribution in [-0.2, 0) is 11.3 Å². The van der Waals surface area contributed by atoms with Gasteiger partial charge in [0.2, 0.25) is 0 Å². The molecule has 2 fully saturated rings. The zero-order valence-electron chi connectivity index (χ0n) is 8.47. The van der Waals surface area contributed by atoms with E-state index in [1.54, 1.807) is 12.3 Å². The molecule has 1 N–H and O–H groups in total. The molecule has 1 aromatic heterocycles. The molecule has 3 atom stereocenters. The third-order valence-corrected chi connectivity index (χ3v) is 3.33. The van der Waals surface area contributed by atoms with Gasteiger partial charge in [0.05, 0.1) is 24.5 Å². The van der Waals surface area contributed by atoms with Crippen molar-refractivity contribution in [2.24, 2.45) is 0 Å². The highest BCUT2D eigenvalue weighted by Crippen LogP contribution is 2.43. The van der Waals surface area contributed by atoms with Crippen LogP contribution in [0.5, 0.6) is 0 Å². The molecule has 0 aromatic carbocycles. The van der Waals surface area contributed by atoms with E-state index in [1.807, 2.05) is 0 Å². The number of aliphatic hydroxyl groups is 1. The Morgan fingerprint density at radius 3 is 3.07 bits per heavy atom. The van der Waals surface area contributed by atoms with Gasteiger partial charge in [-0.1, -0.05) is 0 Å². The summed E-state index contributed by atoms with van der Waals surface area (Å²) < 4.78 is 5.77. The molecule has 4 nitrogen and oxygen atoms in total. The van der Waals surface area contributed by atoms with Crippen molar-refractivity contribution < 1.29 is 9.84 Å². The lowest BCUT2D eigenvalue weighted by Gasteiger charge is -2.17. The average Bonchev–Trinajstić information content (AvgIpc) is 2.91. The second-order valence-electron chi connectivity index (χ2n) is 4.28. The van der Waals surface area contributed by atoms with Gasteiger partial charge in [0.1, 0.15) is 5.82 Å².